The van der Waals surface area contributed by atoms with Gasteiger partial charge in [0.15, 0.2) is 0 Å². The standard InChI is InChI=1S/C15H13F3N2O/c16-15(17,18)21-13-4-2-12(3-5-13)20-8-7-10-9-11(19)1-6-14(10)20/h1-6,9H,7-8,19H2. The predicted octanol–water partition coefficient (Wildman–Crippen LogP) is 3.86. The van der Waals surface area contributed by atoms with Gasteiger partial charge in [0, 0.05) is 23.6 Å². The molecule has 0 fully saturated rings. The quantitative estimate of drug-likeness (QED) is 0.855. The number of halogens is 3. The molecule has 0 radical (unpaired) electrons. The summed E-state index contributed by atoms with van der Waals surface area (Å²) in [5.74, 6) is -0.219. The van der Waals surface area contributed by atoms with Crippen LogP contribution in [0.2, 0.25) is 0 Å². The second-order valence-electron chi connectivity index (χ2n) is 4.83. The highest BCUT2D eigenvalue weighted by atomic mass is 19.4. The molecule has 2 aromatic carbocycles. The van der Waals surface area contributed by atoms with Crippen LogP contribution in [0.4, 0.5) is 30.2 Å². The van der Waals surface area contributed by atoms with E-state index in [1.807, 2.05) is 23.1 Å². The number of nitrogens with zero attached hydrogens (tertiary/aromatic N) is 1. The molecule has 0 spiro atoms. The average molecular weight is 294 g/mol. The summed E-state index contributed by atoms with van der Waals surface area (Å²) in [7, 11) is 0. The Labute approximate surface area is 119 Å². The average Bonchev–Trinajstić information content (AvgIpc) is 2.80. The first-order valence-corrected chi connectivity index (χ1v) is 6.44. The lowest BCUT2D eigenvalue weighted by Gasteiger charge is -2.20. The number of fused-ring (bicyclic) bond motifs is 1. The van der Waals surface area contributed by atoms with Crippen molar-refractivity contribution in [3.63, 3.8) is 0 Å². The van der Waals surface area contributed by atoms with Crippen LogP contribution in [-0.2, 0) is 6.42 Å². The zero-order valence-corrected chi connectivity index (χ0v) is 11.0. The van der Waals surface area contributed by atoms with Crippen LogP contribution in [0, 0.1) is 0 Å². The van der Waals surface area contributed by atoms with E-state index >= 15 is 0 Å². The van der Waals surface area contributed by atoms with Gasteiger partial charge in [-0.25, -0.2) is 0 Å². The monoisotopic (exact) mass is 294 g/mol. The van der Waals surface area contributed by atoms with E-state index in [4.69, 9.17) is 5.73 Å². The highest BCUT2D eigenvalue weighted by molar-refractivity contribution is 5.72. The molecule has 1 heterocycles. The van der Waals surface area contributed by atoms with Crippen molar-refractivity contribution in [3.05, 3.63) is 48.0 Å². The molecule has 0 saturated heterocycles. The zero-order chi connectivity index (χ0) is 15.0. The Morgan fingerprint density at radius 2 is 1.76 bits per heavy atom. The highest BCUT2D eigenvalue weighted by Gasteiger charge is 2.31. The molecule has 0 aliphatic carbocycles. The normalized spacial score (nSPS) is 14.1. The third-order valence-corrected chi connectivity index (χ3v) is 3.38. The van der Waals surface area contributed by atoms with Gasteiger partial charge >= 0.3 is 6.36 Å². The first-order valence-electron chi connectivity index (χ1n) is 6.44. The van der Waals surface area contributed by atoms with E-state index in [1.165, 1.54) is 12.1 Å². The van der Waals surface area contributed by atoms with E-state index < -0.39 is 6.36 Å². The Hall–Kier alpha value is -2.37. The van der Waals surface area contributed by atoms with Crippen molar-refractivity contribution in [1.82, 2.24) is 0 Å². The molecule has 0 atom stereocenters. The molecule has 0 amide bonds. The van der Waals surface area contributed by atoms with E-state index in [2.05, 4.69) is 4.74 Å². The van der Waals surface area contributed by atoms with Crippen molar-refractivity contribution >= 4 is 17.1 Å². The van der Waals surface area contributed by atoms with E-state index in [-0.39, 0.29) is 5.75 Å². The molecule has 1 aliphatic rings. The topological polar surface area (TPSA) is 38.5 Å². The van der Waals surface area contributed by atoms with Crippen LogP contribution >= 0.6 is 0 Å². The number of nitrogens with two attached hydrogens (primary N) is 1. The number of anilines is 3. The first-order chi connectivity index (χ1) is 9.92. The van der Waals surface area contributed by atoms with Crippen molar-refractivity contribution in [1.29, 1.82) is 0 Å². The fourth-order valence-electron chi connectivity index (χ4n) is 2.52. The van der Waals surface area contributed by atoms with Gasteiger partial charge in [-0.2, -0.15) is 0 Å². The van der Waals surface area contributed by atoms with E-state index in [0.717, 1.165) is 29.9 Å². The van der Waals surface area contributed by atoms with Gasteiger partial charge in [-0.3, -0.25) is 0 Å². The van der Waals surface area contributed by atoms with Crippen LogP contribution < -0.4 is 15.4 Å². The van der Waals surface area contributed by atoms with Gasteiger partial charge in [0.1, 0.15) is 5.75 Å². The number of hydrogen-bond donors (Lipinski definition) is 1. The van der Waals surface area contributed by atoms with E-state index in [0.29, 0.717) is 5.69 Å². The van der Waals surface area contributed by atoms with Crippen molar-refractivity contribution in [3.8, 4) is 5.75 Å². The summed E-state index contributed by atoms with van der Waals surface area (Å²) < 4.78 is 40.3. The van der Waals surface area contributed by atoms with Crippen molar-refractivity contribution in [2.24, 2.45) is 0 Å². The Bertz CT molecular complexity index is 653. The summed E-state index contributed by atoms with van der Waals surface area (Å²) in [5.41, 5.74) is 9.47. The SMILES string of the molecule is Nc1ccc2c(c1)CCN2c1ccc(OC(F)(F)F)cc1. The maximum absolute atomic E-state index is 12.1. The van der Waals surface area contributed by atoms with E-state index in [1.54, 1.807) is 12.1 Å². The van der Waals surface area contributed by atoms with Gasteiger partial charge in [-0.15, -0.1) is 13.2 Å². The maximum atomic E-state index is 12.1. The molecular formula is C15H13F3N2O. The Balaban J connectivity index is 1.83. The number of nitrogen functional groups attached to an aromatic ring is 1. The van der Waals surface area contributed by atoms with Gasteiger partial charge < -0.3 is 15.4 Å². The Kier molecular flexibility index (Phi) is 3.16. The number of ether oxygens (including phenoxy) is 1. The van der Waals surface area contributed by atoms with Gasteiger partial charge in [0.05, 0.1) is 0 Å². The molecule has 3 rings (SSSR count). The minimum Gasteiger partial charge on any atom is -0.406 e. The first kappa shape index (κ1) is 13.6. The van der Waals surface area contributed by atoms with Crippen molar-refractivity contribution < 1.29 is 17.9 Å². The highest BCUT2D eigenvalue weighted by Crippen LogP contribution is 2.36. The van der Waals surface area contributed by atoms with Crippen LogP contribution in [0.3, 0.4) is 0 Å². The lowest BCUT2D eigenvalue weighted by atomic mass is 10.1. The molecule has 2 aromatic rings. The maximum Gasteiger partial charge on any atom is 0.573 e. The predicted molar refractivity (Wildman–Crippen MR) is 74.7 cm³/mol. The summed E-state index contributed by atoms with van der Waals surface area (Å²) in [6.07, 6.45) is -3.81. The summed E-state index contributed by atoms with van der Waals surface area (Å²) >= 11 is 0. The molecule has 110 valence electrons. The second kappa shape index (κ2) is 4.87. The third kappa shape index (κ3) is 2.89. The van der Waals surface area contributed by atoms with Gasteiger partial charge in [-0.1, -0.05) is 0 Å². The molecule has 3 nitrogen and oxygen atoms in total. The summed E-state index contributed by atoms with van der Waals surface area (Å²) in [4.78, 5) is 2.05. The van der Waals surface area contributed by atoms with Gasteiger partial charge in [0.2, 0.25) is 0 Å². The minimum atomic E-state index is -4.67. The second-order valence-corrected chi connectivity index (χ2v) is 4.83. The molecule has 0 bridgehead atoms. The molecule has 21 heavy (non-hydrogen) atoms. The molecule has 0 unspecified atom stereocenters. The summed E-state index contributed by atoms with van der Waals surface area (Å²) in [6.45, 7) is 0.776. The minimum absolute atomic E-state index is 0.219. The Morgan fingerprint density at radius 3 is 2.43 bits per heavy atom. The molecule has 0 saturated carbocycles. The number of benzene rings is 2. The molecular weight excluding hydrogens is 281 g/mol. The Morgan fingerprint density at radius 1 is 1.05 bits per heavy atom. The number of hydrogen-bond acceptors (Lipinski definition) is 3. The van der Waals surface area contributed by atoms with Crippen molar-refractivity contribution in [2.75, 3.05) is 17.2 Å². The van der Waals surface area contributed by atoms with Gasteiger partial charge in [-0.05, 0) is 54.4 Å². The van der Waals surface area contributed by atoms with Crippen molar-refractivity contribution in [2.45, 2.75) is 12.8 Å². The molecule has 2 N–H and O–H groups in total. The number of alkyl halides is 3. The molecule has 1 aliphatic heterocycles. The molecule has 6 heteroatoms. The van der Waals surface area contributed by atoms with E-state index in [9.17, 15) is 13.2 Å². The van der Waals surface area contributed by atoms with Gasteiger partial charge in [0.25, 0.3) is 0 Å². The van der Waals surface area contributed by atoms with Crippen LogP contribution in [0.25, 0.3) is 0 Å². The lowest BCUT2D eigenvalue weighted by molar-refractivity contribution is -0.274. The fraction of sp³-hybridized carbons (Fsp3) is 0.200. The third-order valence-electron chi connectivity index (χ3n) is 3.38. The molecule has 0 aromatic heterocycles. The zero-order valence-electron chi connectivity index (χ0n) is 11.0. The number of rotatable bonds is 2. The van der Waals surface area contributed by atoms with Crippen LogP contribution in [0.15, 0.2) is 42.5 Å². The fourth-order valence-corrected chi connectivity index (χ4v) is 2.52. The van der Waals surface area contributed by atoms with Crippen LogP contribution in [0.5, 0.6) is 5.75 Å². The lowest BCUT2D eigenvalue weighted by Crippen LogP contribution is -2.17. The summed E-state index contributed by atoms with van der Waals surface area (Å²) in [6, 6.07) is 11.5. The van der Waals surface area contributed by atoms with Crippen LogP contribution in [-0.4, -0.2) is 12.9 Å². The smallest absolute Gasteiger partial charge is 0.406 e. The van der Waals surface area contributed by atoms with Crippen LogP contribution in [0.1, 0.15) is 5.56 Å². The summed E-state index contributed by atoms with van der Waals surface area (Å²) in [5, 5.41) is 0. The largest absolute Gasteiger partial charge is 0.573 e.